The summed E-state index contributed by atoms with van der Waals surface area (Å²) >= 11 is 1.79. The number of carbonyl (C=O) groups is 1. The van der Waals surface area contributed by atoms with E-state index in [1.165, 1.54) is 0 Å². The first kappa shape index (κ1) is 15.9. The van der Waals surface area contributed by atoms with Crippen molar-refractivity contribution >= 4 is 17.7 Å². The maximum atomic E-state index is 13.2. The van der Waals surface area contributed by atoms with Crippen LogP contribution in [0, 0.1) is 5.41 Å². The third kappa shape index (κ3) is 3.08. The van der Waals surface area contributed by atoms with Crippen LogP contribution in [0.3, 0.4) is 0 Å². The third-order valence-electron chi connectivity index (χ3n) is 4.48. The number of carbonyl (C=O) groups excluding carboxylic acids is 1. The molecular weight excluding hydrogens is 289 g/mol. The zero-order valence-corrected chi connectivity index (χ0v) is 12.4. The second-order valence-electron chi connectivity index (χ2n) is 5.69. The Hall–Kier alpha value is -0.430. The van der Waals surface area contributed by atoms with Gasteiger partial charge in [0.1, 0.15) is 0 Å². The SMILES string of the molecule is CSC1CCC(NC(=O)C2(C(F)(F)F)CCNC2)CC1. The van der Waals surface area contributed by atoms with Crippen LogP contribution in [-0.2, 0) is 4.79 Å². The highest BCUT2D eigenvalue weighted by molar-refractivity contribution is 7.99. The molecule has 1 saturated heterocycles. The van der Waals surface area contributed by atoms with Gasteiger partial charge in [0.25, 0.3) is 0 Å². The van der Waals surface area contributed by atoms with E-state index in [1.807, 2.05) is 6.26 Å². The monoisotopic (exact) mass is 310 g/mol. The molecule has 20 heavy (non-hydrogen) atoms. The normalized spacial score (nSPS) is 35.0. The van der Waals surface area contributed by atoms with Gasteiger partial charge in [-0.15, -0.1) is 0 Å². The van der Waals surface area contributed by atoms with Crippen molar-refractivity contribution in [2.45, 2.75) is 49.6 Å². The Morgan fingerprint density at radius 2 is 1.95 bits per heavy atom. The quantitative estimate of drug-likeness (QED) is 0.840. The number of nitrogens with one attached hydrogen (secondary N) is 2. The van der Waals surface area contributed by atoms with Gasteiger partial charge in [-0.25, -0.2) is 0 Å². The van der Waals surface area contributed by atoms with Gasteiger partial charge < -0.3 is 10.6 Å². The van der Waals surface area contributed by atoms with Crippen LogP contribution in [0.15, 0.2) is 0 Å². The Morgan fingerprint density at radius 1 is 1.30 bits per heavy atom. The number of alkyl halides is 3. The highest BCUT2D eigenvalue weighted by atomic mass is 32.2. The predicted molar refractivity (Wildman–Crippen MR) is 73.7 cm³/mol. The molecule has 2 fully saturated rings. The van der Waals surface area contributed by atoms with Gasteiger partial charge in [0, 0.05) is 17.8 Å². The van der Waals surface area contributed by atoms with Crippen molar-refractivity contribution < 1.29 is 18.0 Å². The largest absolute Gasteiger partial charge is 0.404 e. The van der Waals surface area contributed by atoms with Gasteiger partial charge in [-0.1, -0.05) is 0 Å². The van der Waals surface area contributed by atoms with Crippen LogP contribution >= 0.6 is 11.8 Å². The minimum Gasteiger partial charge on any atom is -0.353 e. The first-order chi connectivity index (χ1) is 9.39. The van der Waals surface area contributed by atoms with Gasteiger partial charge in [0.2, 0.25) is 5.91 Å². The lowest BCUT2D eigenvalue weighted by Gasteiger charge is -2.34. The van der Waals surface area contributed by atoms with Gasteiger partial charge in [-0.3, -0.25) is 4.79 Å². The van der Waals surface area contributed by atoms with Crippen LogP contribution < -0.4 is 10.6 Å². The summed E-state index contributed by atoms with van der Waals surface area (Å²) < 4.78 is 39.7. The fourth-order valence-corrected chi connectivity index (χ4v) is 3.77. The average Bonchev–Trinajstić information content (AvgIpc) is 2.90. The standard InChI is InChI=1S/C13H21F3N2OS/c1-20-10-4-2-9(3-5-10)18-11(19)12(13(14,15)16)6-7-17-8-12/h9-10,17H,2-8H2,1H3,(H,18,19). The maximum Gasteiger partial charge on any atom is 0.404 e. The van der Waals surface area contributed by atoms with E-state index >= 15 is 0 Å². The third-order valence-corrected chi connectivity index (χ3v) is 5.61. The second kappa shape index (κ2) is 6.13. The lowest BCUT2D eigenvalue weighted by molar-refractivity contribution is -0.216. The number of halogens is 3. The molecule has 1 saturated carbocycles. The molecule has 0 spiro atoms. The first-order valence-corrected chi connectivity index (χ1v) is 8.29. The fraction of sp³-hybridized carbons (Fsp3) is 0.923. The molecule has 2 aliphatic rings. The van der Waals surface area contributed by atoms with Gasteiger partial charge >= 0.3 is 6.18 Å². The number of amides is 1. The average molecular weight is 310 g/mol. The van der Waals surface area contributed by atoms with E-state index in [9.17, 15) is 18.0 Å². The molecule has 1 aliphatic carbocycles. The second-order valence-corrected chi connectivity index (χ2v) is 6.83. The predicted octanol–water partition coefficient (Wildman–Crippen LogP) is 2.32. The lowest BCUT2D eigenvalue weighted by atomic mass is 9.84. The molecule has 1 unspecified atom stereocenters. The number of rotatable bonds is 3. The van der Waals surface area contributed by atoms with Gasteiger partial charge in [-0.05, 0) is 44.9 Å². The molecule has 1 heterocycles. The van der Waals surface area contributed by atoms with E-state index in [0.717, 1.165) is 25.7 Å². The van der Waals surface area contributed by atoms with E-state index in [-0.39, 0.29) is 25.6 Å². The molecule has 0 bridgehead atoms. The van der Waals surface area contributed by atoms with Crippen molar-refractivity contribution in [3.05, 3.63) is 0 Å². The molecule has 2 N–H and O–H groups in total. The number of thioether (sulfide) groups is 1. The first-order valence-electron chi connectivity index (χ1n) is 7.00. The van der Waals surface area contributed by atoms with Crippen LogP contribution in [0.5, 0.6) is 0 Å². The van der Waals surface area contributed by atoms with E-state index in [4.69, 9.17) is 0 Å². The summed E-state index contributed by atoms with van der Waals surface area (Å²) in [5.74, 6) is -0.845. The Morgan fingerprint density at radius 3 is 2.40 bits per heavy atom. The molecule has 0 radical (unpaired) electrons. The molecule has 0 aromatic heterocycles. The van der Waals surface area contributed by atoms with Crippen LogP contribution in [0.25, 0.3) is 0 Å². The Bertz CT molecular complexity index is 348. The van der Waals surface area contributed by atoms with Crippen LogP contribution in [-0.4, -0.2) is 42.7 Å². The topological polar surface area (TPSA) is 41.1 Å². The smallest absolute Gasteiger partial charge is 0.353 e. The molecule has 2 rings (SSSR count). The van der Waals surface area contributed by atoms with Crippen molar-refractivity contribution in [3.63, 3.8) is 0 Å². The molecule has 0 aromatic rings. The molecule has 1 amide bonds. The molecule has 0 aromatic carbocycles. The summed E-state index contributed by atoms with van der Waals surface area (Å²) in [4.78, 5) is 12.2. The highest BCUT2D eigenvalue weighted by Crippen LogP contribution is 2.43. The lowest BCUT2D eigenvalue weighted by Crippen LogP contribution is -2.54. The van der Waals surface area contributed by atoms with Crippen molar-refractivity contribution in [1.29, 1.82) is 0 Å². The van der Waals surface area contributed by atoms with Crippen LogP contribution in [0.2, 0.25) is 0 Å². The van der Waals surface area contributed by atoms with E-state index in [0.29, 0.717) is 5.25 Å². The summed E-state index contributed by atoms with van der Waals surface area (Å²) in [6.45, 7) is -0.0609. The summed E-state index contributed by atoms with van der Waals surface area (Å²) in [7, 11) is 0. The number of hydrogen-bond donors (Lipinski definition) is 2. The molecule has 7 heteroatoms. The summed E-state index contributed by atoms with van der Waals surface area (Å²) in [5, 5.41) is 5.89. The van der Waals surface area contributed by atoms with E-state index in [2.05, 4.69) is 10.6 Å². The Kier molecular flexibility index (Phi) is 4.89. The van der Waals surface area contributed by atoms with Crippen molar-refractivity contribution in [2.24, 2.45) is 5.41 Å². The van der Waals surface area contributed by atoms with Gasteiger partial charge in [0.05, 0.1) is 0 Å². The van der Waals surface area contributed by atoms with E-state index < -0.39 is 17.5 Å². The summed E-state index contributed by atoms with van der Waals surface area (Å²) in [6, 6.07) is -0.106. The van der Waals surface area contributed by atoms with Gasteiger partial charge in [-0.2, -0.15) is 24.9 Å². The maximum absolute atomic E-state index is 13.2. The van der Waals surface area contributed by atoms with Crippen molar-refractivity contribution in [3.8, 4) is 0 Å². The van der Waals surface area contributed by atoms with Crippen molar-refractivity contribution in [2.75, 3.05) is 19.3 Å². The van der Waals surface area contributed by atoms with Gasteiger partial charge in [0.15, 0.2) is 5.41 Å². The fourth-order valence-electron chi connectivity index (χ4n) is 3.02. The van der Waals surface area contributed by atoms with E-state index in [1.54, 1.807) is 11.8 Å². The Balaban J connectivity index is 1.97. The minimum absolute atomic E-state index is 0.106. The number of hydrogen-bond acceptors (Lipinski definition) is 3. The summed E-state index contributed by atoms with van der Waals surface area (Å²) in [5.41, 5.74) is -2.23. The zero-order chi connectivity index (χ0) is 14.8. The molecule has 3 nitrogen and oxygen atoms in total. The zero-order valence-electron chi connectivity index (χ0n) is 11.6. The van der Waals surface area contributed by atoms with Crippen molar-refractivity contribution in [1.82, 2.24) is 10.6 Å². The highest BCUT2D eigenvalue weighted by Gasteiger charge is 2.61. The Labute approximate surface area is 121 Å². The molecule has 116 valence electrons. The van der Waals surface area contributed by atoms with Crippen LogP contribution in [0.4, 0.5) is 13.2 Å². The minimum atomic E-state index is -4.49. The summed E-state index contributed by atoms with van der Waals surface area (Å²) in [6.07, 6.45) is 0.871. The molecule has 1 aliphatic heterocycles. The molecule has 1 atom stereocenters. The molecular formula is C13H21F3N2OS. The van der Waals surface area contributed by atoms with Crippen LogP contribution in [0.1, 0.15) is 32.1 Å².